The van der Waals surface area contributed by atoms with Crippen LogP contribution in [0.25, 0.3) is 0 Å². The molecule has 0 spiro atoms. The van der Waals surface area contributed by atoms with Crippen molar-refractivity contribution in [3.63, 3.8) is 0 Å². The fraction of sp³-hybridized carbons (Fsp3) is 0.350. The highest BCUT2D eigenvalue weighted by Crippen LogP contribution is 2.19. The molecule has 4 nitrogen and oxygen atoms in total. The Hall–Kier alpha value is -1.85. The van der Waals surface area contributed by atoms with Gasteiger partial charge in [-0.3, -0.25) is 4.79 Å². The molecule has 0 heterocycles. The van der Waals surface area contributed by atoms with E-state index >= 15 is 0 Å². The van der Waals surface area contributed by atoms with Crippen LogP contribution in [0.2, 0.25) is 0 Å². The van der Waals surface area contributed by atoms with Crippen LogP contribution in [0.3, 0.4) is 0 Å². The summed E-state index contributed by atoms with van der Waals surface area (Å²) in [6, 6.07) is 16.0. The van der Waals surface area contributed by atoms with E-state index in [1.54, 1.807) is 6.92 Å². The Morgan fingerprint density at radius 1 is 1.12 bits per heavy atom. The van der Waals surface area contributed by atoms with Crippen LogP contribution in [-0.2, 0) is 4.79 Å². The number of benzene rings is 2. The van der Waals surface area contributed by atoms with Gasteiger partial charge in [-0.25, -0.2) is 0 Å². The average Bonchev–Trinajstić information content (AvgIpc) is 2.58. The highest BCUT2D eigenvalue weighted by atomic mass is 79.9. The van der Waals surface area contributed by atoms with E-state index in [-0.39, 0.29) is 11.9 Å². The molecule has 0 fully saturated rings. The molecule has 5 heteroatoms. The number of likely N-dealkylation sites (N-methyl/N-ethyl adjacent to an activating group) is 1. The minimum Gasteiger partial charge on any atom is -0.481 e. The zero-order chi connectivity index (χ0) is 18.4. The molecule has 0 aliphatic carbocycles. The molecule has 0 bridgehead atoms. The van der Waals surface area contributed by atoms with Gasteiger partial charge in [0, 0.05) is 11.0 Å². The quantitative estimate of drug-likeness (QED) is 0.759. The Bertz CT molecular complexity index is 684. The molecule has 0 radical (unpaired) electrons. The van der Waals surface area contributed by atoms with Gasteiger partial charge in [0.25, 0.3) is 5.91 Å². The topological polar surface area (TPSA) is 41.6 Å². The van der Waals surface area contributed by atoms with Crippen LogP contribution in [0.4, 0.5) is 0 Å². The van der Waals surface area contributed by atoms with E-state index in [0.29, 0.717) is 12.3 Å². The third kappa shape index (κ3) is 5.87. The normalized spacial score (nSPS) is 13.4. The Morgan fingerprint density at radius 3 is 2.28 bits per heavy atom. The number of amides is 1. The minimum absolute atomic E-state index is 0.115. The van der Waals surface area contributed by atoms with Gasteiger partial charge in [-0.2, -0.15) is 0 Å². The SMILES string of the molecule is Cc1ccc(C(CNC(=O)C(C)Oc2ccc(Br)cc2)N(C)C)cc1. The third-order valence-electron chi connectivity index (χ3n) is 4.05. The van der Waals surface area contributed by atoms with Crippen molar-refractivity contribution < 1.29 is 9.53 Å². The molecule has 134 valence electrons. The van der Waals surface area contributed by atoms with E-state index in [1.165, 1.54) is 11.1 Å². The number of rotatable bonds is 7. The van der Waals surface area contributed by atoms with Crippen LogP contribution in [0.15, 0.2) is 53.0 Å². The number of nitrogens with one attached hydrogen (secondary N) is 1. The first-order valence-electron chi connectivity index (χ1n) is 8.29. The van der Waals surface area contributed by atoms with Gasteiger partial charge in [-0.05, 0) is 57.8 Å². The molecule has 0 aliphatic rings. The van der Waals surface area contributed by atoms with Gasteiger partial charge in [-0.15, -0.1) is 0 Å². The fourth-order valence-corrected chi connectivity index (χ4v) is 2.76. The van der Waals surface area contributed by atoms with E-state index < -0.39 is 6.10 Å². The maximum Gasteiger partial charge on any atom is 0.260 e. The number of aryl methyl sites for hydroxylation is 1. The van der Waals surface area contributed by atoms with Crippen LogP contribution in [0.1, 0.15) is 24.1 Å². The highest BCUT2D eigenvalue weighted by Gasteiger charge is 2.19. The molecule has 25 heavy (non-hydrogen) atoms. The average molecular weight is 405 g/mol. The van der Waals surface area contributed by atoms with E-state index in [4.69, 9.17) is 4.74 Å². The minimum atomic E-state index is -0.554. The van der Waals surface area contributed by atoms with E-state index in [1.807, 2.05) is 38.4 Å². The standard InChI is InChI=1S/C20H25BrN2O2/c1-14-5-7-16(8-6-14)19(23(3)4)13-22-20(24)15(2)25-18-11-9-17(21)10-12-18/h5-12,15,19H,13H2,1-4H3,(H,22,24). The van der Waals surface area contributed by atoms with Gasteiger partial charge >= 0.3 is 0 Å². The number of carbonyl (C=O) groups is 1. The van der Waals surface area contributed by atoms with Crippen molar-refractivity contribution in [2.45, 2.75) is 26.0 Å². The second-order valence-corrected chi connectivity index (χ2v) is 7.26. The second-order valence-electron chi connectivity index (χ2n) is 6.35. The summed E-state index contributed by atoms with van der Waals surface area (Å²) in [5, 5.41) is 2.99. The van der Waals surface area contributed by atoms with Crippen molar-refractivity contribution >= 4 is 21.8 Å². The monoisotopic (exact) mass is 404 g/mol. The van der Waals surface area contributed by atoms with E-state index in [0.717, 1.165) is 4.47 Å². The van der Waals surface area contributed by atoms with Crippen molar-refractivity contribution in [3.05, 3.63) is 64.1 Å². The molecule has 2 aromatic carbocycles. The molecule has 2 atom stereocenters. The predicted octanol–water partition coefficient (Wildman–Crippen LogP) is 3.94. The van der Waals surface area contributed by atoms with Crippen molar-refractivity contribution in [3.8, 4) is 5.75 Å². The molecular weight excluding hydrogens is 380 g/mol. The second kappa shape index (κ2) is 9.02. The van der Waals surface area contributed by atoms with Gasteiger partial charge in [0.2, 0.25) is 0 Å². The number of hydrogen-bond acceptors (Lipinski definition) is 3. The lowest BCUT2D eigenvalue weighted by Crippen LogP contribution is -2.41. The molecule has 2 unspecified atom stereocenters. The van der Waals surface area contributed by atoms with Crippen molar-refractivity contribution in [1.82, 2.24) is 10.2 Å². The molecule has 2 rings (SSSR count). The zero-order valence-corrected chi connectivity index (χ0v) is 16.7. The molecule has 0 aliphatic heterocycles. The summed E-state index contributed by atoms with van der Waals surface area (Å²) in [6.45, 7) is 4.36. The summed E-state index contributed by atoms with van der Waals surface area (Å²) in [5.74, 6) is 0.551. The predicted molar refractivity (Wildman–Crippen MR) is 105 cm³/mol. The van der Waals surface area contributed by atoms with Crippen LogP contribution >= 0.6 is 15.9 Å². The van der Waals surface area contributed by atoms with Crippen molar-refractivity contribution in [2.75, 3.05) is 20.6 Å². The first-order chi connectivity index (χ1) is 11.9. The van der Waals surface area contributed by atoms with Gasteiger partial charge in [0.15, 0.2) is 6.10 Å². The Morgan fingerprint density at radius 2 is 1.72 bits per heavy atom. The first kappa shape index (κ1) is 19.5. The molecule has 2 aromatic rings. The van der Waals surface area contributed by atoms with Crippen LogP contribution < -0.4 is 10.1 Å². The summed E-state index contributed by atoms with van der Waals surface area (Å²) in [5.41, 5.74) is 2.40. The smallest absolute Gasteiger partial charge is 0.260 e. The maximum absolute atomic E-state index is 12.4. The number of halogens is 1. The summed E-state index contributed by atoms with van der Waals surface area (Å²) in [7, 11) is 4.02. The number of hydrogen-bond donors (Lipinski definition) is 1. The summed E-state index contributed by atoms with van der Waals surface area (Å²) in [4.78, 5) is 14.5. The van der Waals surface area contributed by atoms with Crippen LogP contribution in [-0.4, -0.2) is 37.6 Å². The van der Waals surface area contributed by atoms with Crippen molar-refractivity contribution in [1.29, 1.82) is 0 Å². The molecule has 0 saturated carbocycles. The summed E-state index contributed by atoms with van der Waals surface area (Å²) >= 11 is 3.38. The largest absolute Gasteiger partial charge is 0.481 e. The van der Waals surface area contributed by atoms with Crippen LogP contribution in [0.5, 0.6) is 5.75 Å². The van der Waals surface area contributed by atoms with Gasteiger partial charge in [0.05, 0.1) is 6.04 Å². The van der Waals surface area contributed by atoms with Crippen LogP contribution in [0, 0.1) is 6.92 Å². The first-order valence-corrected chi connectivity index (χ1v) is 9.09. The number of ether oxygens (including phenoxy) is 1. The molecule has 0 saturated heterocycles. The Labute approximate surface area is 158 Å². The van der Waals surface area contributed by atoms with Gasteiger partial charge in [-0.1, -0.05) is 45.8 Å². The maximum atomic E-state index is 12.4. The fourth-order valence-electron chi connectivity index (χ4n) is 2.50. The van der Waals surface area contributed by atoms with E-state index in [9.17, 15) is 4.79 Å². The Balaban J connectivity index is 1.93. The summed E-state index contributed by atoms with van der Waals surface area (Å²) in [6.07, 6.45) is -0.554. The lowest BCUT2D eigenvalue weighted by molar-refractivity contribution is -0.127. The lowest BCUT2D eigenvalue weighted by atomic mass is 10.0. The number of carbonyl (C=O) groups excluding carboxylic acids is 1. The lowest BCUT2D eigenvalue weighted by Gasteiger charge is -2.26. The summed E-state index contributed by atoms with van der Waals surface area (Å²) < 4.78 is 6.67. The molecular formula is C20H25BrN2O2. The zero-order valence-electron chi connectivity index (χ0n) is 15.1. The molecule has 1 amide bonds. The third-order valence-corrected chi connectivity index (χ3v) is 4.58. The highest BCUT2D eigenvalue weighted by molar-refractivity contribution is 9.10. The van der Waals surface area contributed by atoms with Gasteiger partial charge in [0.1, 0.15) is 5.75 Å². The van der Waals surface area contributed by atoms with Gasteiger partial charge < -0.3 is 15.0 Å². The molecule has 0 aromatic heterocycles. The van der Waals surface area contributed by atoms with Crippen molar-refractivity contribution in [2.24, 2.45) is 0 Å². The number of nitrogens with zero attached hydrogens (tertiary/aromatic N) is 1. The molecule has 1 N–H and O–H groups in total. The Kier molecular flexibility index (Phi) is 7.02. The van der Waals surface area contributed by atoms with E-state index in [2.05, 4.69) is 57.3 Å².